The highest BCUT2D eigenvalue weighted by atomic mass is 19.1. The van der Waals surface area contributed by atoms with Crippen LogP contribution in [0.2, 0.25) is 0 Å². The van der Waals surface area contributed by atoms with Crippen molar-refractivity contribution in [1.82, 2.24) is 14.3 Å². The molecule has 5 rings (SSSR count). The zero-order valence-electron chi connectivity index (χ0n) is 18.6. The molecule has 0 saturated heterocycles. The molecule has 34 heavy (non-hydrogen) atoms. The standard InChI is InChI=1S/C26H23FN4O3/c1-2-29-24(16-32)28-31(26(29)34)20-11-12-21-22(14-20)23(17-7-4-3-5-8-17)15-30(25(21)33)19-10-6-9-18(27)13-19/h3-14,23,32H,2,15-16H2,1H3. The van der Waals surface area contributed by atoms with Gasteiger partial charge in [-0.15, -0.1) is 5.10 Å². The maximum Gasteiger partial charge on any atom is 0.350 e. The number of aliphatic hydroxyl groups is 1. The van der Waals surface area contributed by atoms with Crippen LogP contribution in [0.3, 0.4) is 0 Å². The molecule has 0 fully saturated rings. The fraction of sp³-hybridized carbons (Fsp3) is 0.192. The van der Waals surface area contributed by atoms with E-state index in [9.17, 15) is 19.1 Å². The van der Waals surface area contributed by atoms with Crippen molar-refractivity contribution in [2.24, 2.45) is 0 Å². The van der Waals surface area contributed by atoms with Crippen LogP contribution in [0.15, 0.2) is 77.6 Å². The average Bonchev–Trinajstić information content (AvgIpc) is 3.19. The molecule has 1 aliphatic rings. The molecule has 172 valence electrons. The summed E-state index contributed by atoms with van der Waals surface area (Å²) in [5, 5.41) is 13.9. The predicted octanol–water partition coefficient (Wildman–Crippen LogP) is 3.48. The van der Waals surface area contributed by atoms with Crippen LogP contribution in [0.5, 0.6) is 0 Å². The minimum Gasteiger partial charge on any atom is -0.388 e. The van der Waals surface area contributed by atoms with E-state index in [1.54, 1.807) is 29.2 Å². The van der Waals surface area contributed by atoms with Gasteiger partial charge in [0.1, 0.15) is 12.4 Å². The lowest BCUT2D eigenvalue weighted by atomic mass is 9.83. The fourth-order valence-electron chi connectivity index (χ4n) is 4.55. The Labute approximate surface area is 195 Å². The van der Waals surface area contributed by atoms with Crippen molar-refractivity contribution in [2.45, 2.75) is 26.0 Å². The maximum absolute atomic E-state index is 13.9. The number of fused-ring (bicyclic) bond motifs is 1. The number of benzene rings is 3. The summed E-state index contributed by atoms with van der Waals surface area (Å²) in [6.45, 7) is 2.16. The number of hydrogen-bond donors (Lipinski definition) is 1. The predicted molar refractivity (Wildman–Crippen MR) is 126 cm³/mol. The van der Waals surface area contributed by atoms with Gasteiger partial charge >= 0.3 is 5.69 Å². The third-order valence-electron chi connectivity index (χ3n) is 6.21. The van der Waals surface area contributed by atoms with E-state index in [1.165, 1.54) is 21.4 Å². The molecule has 1 unspecified atom stereocenters. The van der Waals surface area contributed by atoms with Gasteiger partial charge in [0.05, 0.1) is 5.69 Å². The Bertz CT molecular complexity index is 1430. The van der Waals surface area contributed by atoms with Gasteiger partial charge in [-0.3, -0.25) is 9.36 Å². The smallest absolute Gasteiger partial charge is 0.350 e. The van der Waals surface area contributed by atoms with E-state index in [0.717, 1.165) is 11.1 Å². The fourth-order valence-corrected chi connectivity index (χ4v) is 4.55. The number of aliphatic hydroxyl groups excluding tert-OH is 1. The Morgan fingerprint density at radius 3 is 2.47 bits per heavy atom. The zero-order chi connectivity index (χ0) is 23.8. The number of nitrogens with zero attached hydrogens (tertiary/aromatic N) is 4. The molecule has 7 nitrogen and oxygen atoms in total. The second-order valence-corrected chi connectivity index (χ2v) is 8.14. The Balaban J connectivity index is 1.67. The first-order chi connectivity index (χ1) is 16.5. The van der Waals surface area contributed by atoms with Gasteiger partial charge in [-0.25, -0.2) is 9.18 Å². The quantitative estimate of drug-likeness (QED) is 0.497. The minimum absolute atomic E-state index is 0.196. The summed E-state index contributed by atoms with van der Waals surface area (Å²) in [5.74, 6) is -0.563. The van der Waals surface area contributed by atoms with Crippen LogP contribution in [0.25, 0.3) is 5.69 Å². The van der Waals surface area contributed by atoms with Gasteiger partial charge in [-0.05, 0) is 54.4 Å². The van der Waals surface area contributed by atoms with Crippen molar-refractivity contribution in [3.8, 4) is 5.69 Å². The summed E-state index contributed by atoms with van der Waals surface area (Å²) in [6.07, 6.45) is 0. The van der Waals surface area contributed by atoms with Crippen molar-refractivity contribution in [3.05, 3.63) is 112 Å². The van der Waals surface area contributed by atoms with Gasteiger partial charge in [-0.2, -0.15) is 4.68 Å². The monoisotopic (exact) mass is 458 g/mol. The lowest BCUT2D eigenvalue weighted by molar-refractivity contribution is 0.0978. The topological polar surface area (TPSA) is 80.4 Å². The molecule has 1 amide bonds. The third kappa shape index (κ3) is 3.62. The molecule has 0 radical (unpaired) electrons. The van der Waals surface area contributed by atoms with Gasteiger partial charge in [0.25, 0.3) is 5.91 Å². The lowest BCUT2D eigenvalue weighted by Gasteiger charge is -2.35. The summed E-state index contributed by atoms with van der Waals surface area (Å²) < 4.78 is 16.6. The van der Waals surface area contributed by atoms with E-state index in [1.807, 2.05) is 43.3 Å². The number of rotatable bonds is 5. The van der Waals surface area contributed by atoms with E-state index in [-0.39, 0.29) is 29.9 Å². The van der Waals surface area contributed by atoms with Crippen LogP contribution in [-0.4, -0.2) is 31.9 Å². The molecule has 1 aliphatic heterocycles. The molecular weight excluding hydrogens is 435 g/mol. The van der Waals surface area contributed by atoms with Crippen molar-refractivity contribution in [1.29, 1.82) is 0 Å². The molecule has 4 aromatic rings. The van der Waals surface area contributed by atoms with E-state index in [4.69, 9.17) is 0 Å². The van der Waals surface area contributed by atoms with Crippen LogP contribution in [0.4, 0.5) is 10.1 Å². The van der Waals surface area contributed by atoms with Gasteiger partial charge < -0.3 is 10.0 Å². The summed E-state index contributed by atoms with van der Waals surface area (Å²) >= 11 is 0. The Kier molecular flexibility index (Phi) is 5.59. The largest absolute Gasteiger partial charge is 0.388 e. The van der Waals surface area contributed by atoms with Gasteiger partial charge in [0.2, 0.25) is 0 Å². The molecule has 1 atom stereocenters. The third-order valence-corrected chi connectivity index (χ3v) is 6.21. The summed E-state index contributed by atoms with van der Waals surface area (Å²) in [6, 6.07) is 20.9. The van der Waals surface area contributed by atoms with Gasteiger partial charge in [0, 0.05) is 30.3 Å². The number of carbonyl (C=O) groups is 1. The Hall–Kier alpha value is -4.04. The highest BCUT2D eigenvalue weighted by Crippen LogP contribution is 2.36. The number of anilines is 1. The van der Waals surface area contributed by atoms with Crippen molar-refractivity contribution in [3.63, 3.8) is 0 Å². The zero-order valence-corrected chi connectivity index (χ0v) is 18.6. The Morgan fingerprint density at radius 2 is 1.79 bits per heavy atom. The molecule has 0 saturated carbocycles. The second kappa shape index (κ2) is 8.72. The second-order valence-electron chi connectivity index (χ2n) is 8.14. The summed E-state index contributed by atoms with van der Waals surface area (Å²) in [7, 11) is 0. The summed E-state index contributed by atoms with van der Waals surface area (Å²) in [4.78, 5) is 27.9. The van der Waals surface area contributed by atoms with Crippen molar-refractivity contribution >= 4 is 11.6 Å². The minimum atomic E-state index is -0.409. The number of aromatic nitrogens is 3. The number of carbonyl (C=O) groups excluding carboxylic acids is 1. The molecule has 0 spiro atoms. The molecule has 0 bridgehead atoms. The lowest BCUT2D eigenvalue weighted by Crippen LogP contribution is -2.40. The highest BCUT2D eigenvalue weighted by Gasteiger charge is 2.33. The molecule has 2 heterocycles. The Morgan fingerprint density at radius 1 is 1.00 bits per heavy atom. The highest BCUT2D eigenvalue weighted by molar-refractivity contribution is 6.08. The number of hydrogen-bond acceptors (Lipinski definition) is 4. The van der Waals surface area contributed by atoms with Crippen molar-refractivity contribution in [2.75, 3.05) is 11.4 Å². The SMILES string of the molecule is CCn1c(CO)nn(-c2ccc3c(c2)C(c2ccccc2)CN(c2cccc(F)c2)C3=O)c1=O. The molecule has 8 heteroatoms. The summed E-state index contributed by atoms with van der Waals surface area (Å²) in [5.41, 5.74) is 2.90. The normalized spacial score (nSPS) is 15.4. The first-order valence-corrected chi connectivity index (χ1v) is 11.1. The van der Waals surface area contributed by atoms with Crippen LogP contribution in [-0.2, 0) is 13.2 Å². The molecular formula is C26H23FN4O3. The maximum atomic E-state index is 13.9. The van der Waals surface area contributed by atoms with Gasteiger partial charge in [-0.1, -0.05) is 36.4 Å². The van der Waals surface area contributed by atoms with Crippen LogP contribution < -0.4 is 10.6 Å². The van der Waals surface area contributed by atoms with E-state index >= 15 is 0 Å². The van der Waals surface area contributed by atoms with Crippen LogP contribution in [0, 0.1) is 5.82 Å². The molecule has 0 aliphatic carbocycles. The number of halogens is 1. The van der Waals surface area contributed by atoms with Crippen LogP contribution >= 0.6 is 0 Å². The first-order valence-electron chi connectivity index (χ1n) is 11.1. The first kappa shape index (κ1) is 21.8. The van der Waals surface area contributed by atoms with E-state index in [0.29, 0.717) is 30.0 Å². The van der Waals surface area contributed by atoms with E-state index in [2.05, 4.69) is 5.10 Å². The molecule has 3 aromatic carbocycles. The average molecular weight is 458 g/mol. The van der Waals surface area contributed by atoms with Crippen LogP contribution in [0.1, 0.15) is 40.2 Å². The molecule has 1 aromatic heterocycles. The van der Waals surface area contributed by atoms with E-state index < -0.39 is 5.82 Å². The van der Waals surface area contributed by atoms with Crippen molar-refractivity contribution < 1.29 is 14.3 Å². The number of amides is 1. The molecule has 1 N–H and O–H groups in total. The van der Waals surface area contributed by atoms with Gasteiger partial charge in [0.15, 0.2) is 5.82 Å².